The number of hydrogen-bond acceptors (Lipinski definition) is 8. The van der Waals surface area contributed by atoms with E-state index in [1.807, 2.05) is 5.38 Å². The molecule has 0 aliphatic heterocycles. The van der Waals surface area contributed by atoms with Crippen LogP contribution < -0.4 is 11.3 Å². The van der Waals surface area contributed by atoms with Crippen molar-refractivity contribution < 1.29 is 23.2 Å². The summed E-state index contributed by atoms with van der Waals surface area (Å²) in [5.74, 6) is -0.966. The van der Waals surface area contributed by atoms with Crippen LogP contribution in [-0.4, -0.2) is 18.4 Å². The maximum absolute atomic E-state index is 12.6. The summed E-state index contributed by atoms with van der Waals surface area (Å²) in [6.07, 6.45) is 3.06. The van der Waals surface area contributed by atoms with Crippen molar-refractivity contribution >= 4 is 61.9 Å². The fourth-order valence-electron chi connectivity index (χ4n) is 4.05. The Morgan fingerprint density at radius 2 is 1.83 bits per heavy atom. The lowest BCUT2D eigenvalue weighted by atomic mass is 9.96. The molecule has 8 heteroatoms. The number of thiophene rings is 1. The van der Waals surface area contributed by atoms with Gasteiger partial charge in [-0.05, 0) is 60.7 Å². The Labute approximate surface area is 201 Å². The van der Waals surface area contributed by atoms with Crippen LogP contribution in [0, 0.1) is 6.92 Å². The van der Waals surface area contributed by atoms with Gasteiger partial charge in [-0.2, -0.15) is 0 Å². The fraction of sp³-hybridized carbons (Fsp3) is 0.111. The molecule has 35 heavy (non-hydrogen) atoms. The molecule has 0 spiro atoms. The highest BCUT2D eigenvalue weighted by Gasteiger charge is 2.19. The van der Waals surface area contributed by atoms with Gasteiger partial charge >= 0.3 is 17.2 Å². The number of carbonyl (C=O) groups excluding carboxylic acids is 2. The van der Waals surface area contributed by atoms with Crippen molar-refractivity contribution in [3.05, 3.63) is 96.3 Å². The molecule has 174 valence electrons. The Bertz CT molecular complexity index is 1790. The smallest absolute Gasteiger partial charge is 0.351 e. The number of aryl methyl sites for hydroxylation is 1. The van der Waals surface area contributed by atoms with E-state index in [1.165, 1.54) is 29.5 Å². The summed E-state index contributed by atoms with van der Waals surface area (Å²) in [7, 11) is 0. The Balaban J connectivity index is 1.85. The molecule has 5 rings (SSSR count). The summed E-state index contributed by atoms with van der Waals surface area (Å²) in [5, 5.41) is 3.99. The molecule has 0 radical (unpaired) electrons. The molecule has 0 amide bonds. The van der Waals surface area contributed by atoms with E-state index in [0.717, 1.165) is 5.56 Å². The van der Waals surface area contributed by atoms with Crippen molar-refractivity contribution in [1.82, 2.24) is 0 Å². The monoisotopic (exact) mass is 486 g/mol. The number of carbonyl (C=O) groups is 2. The van der Waals surface area contributed by atoms with Crippen molar-refractivity contribution in [1.29, 1.82) is 0 Å². The third-order valence-corrected chi connectivity index (χ3v) is 6.50. The molecule has 3 heterocycles. The zero-order valence-corrected chi connectivity index (χ0v) is 19.6. The van der Waals surface area contributed by atoms with E-state index in [9.17, 15) is 19.2 Å². The van der Waals surface area contributed by atoms with E-state index in [1.54, 1.807) is 50.3 Å². The highest BCUT2D eigenvalue weighted by Crippen LogP contribution is 2.35. The number of ether oxygens (including phenoxy) is 1. The lowest BCUT2D eigenvalue weighted by molar-refractivity contribution is 0.0521. The summed E-state index contributed by atoms with van der Waals surface area (Å²) < 4.78 is 16.1. The predicted octanol–water partition coefficient (Wildman–Crippen LogP) is 5.50. The maximum atomic E-state index is 12.6. The van der Waals surface area contributed by atoms with E-state index in [0.29, 0.717) is 37.6 Å². The van der Waals surface area contributed by atoms with Gasteiger partial charge in [-0.3, -0.25) is 4.79 Å². The zero-order chi connectivity index (χ0) is 24.7. The molecule has 0 saturated heterocycles. The van der Waals surface area contributed by atoms with Crippen molar-refractivity contribution in [2.45, 2.75) is 13.8 Å². The van der Waals surface area contributed by atoms with Crippen LogP contribution in [0.1, 0.15) is 38.1 Å². The Morgan fingerprint density at radius 3 is 2.57 bits per heavy atom. The van der Waals surface area contributed by atoms with Gasteiger partial charge in [0.1, 0.15) is 16.7 Å². The molecule has 5 aromatic rings. The van der Waals surface area contributed by atoms with E-state index < -0.39 is 17.2 Å². The Kier molecular flexibility index (Phi) is 5.66. The normalized spacial score (nSPS) is 11.6. The van der Waals surface area contributed by atoms with Gasteiger partial charge in [0.25, 0.3) is 0 Å². The fourth-order valence-corrected chi connectivity index (χ4v) is 4.70. The minimum Gasteiger partial charge on any atom is -0.462 e. The first-order chi connectivity index (χ1) is 16.9. The van der Waals surface area contributed by atoms with Gasteiger partial charge in [0, 0.05) is 27.6 Å². The largest absolute Gasteiger partial charge is 0.462 e. The minimum absolute atomic E-state index is 0.108. The van der Waals surface area contributed by atoms with Crippen LogP contribution in [0.2, 0.25) is 0 Å². The van der Waals surface area contributed by atoms with Crippen molar-refractivity contribution in [2.24, 2.45) is 0 Å². The van der Waals surface area contributed by atoms with Gasteiger partial charge < -0.3 is 13.6 Å². The van der Waals surface area contributed by atoms with Crippen molar-refractivity contribution in [3.8, 4) is 0 Å². The molecule has 0 atom stereocenters. The quantitative estimate of drug-likeness (QED) is 0.106. The van der Waals surface area contributed by atoms with Crippen LogP contribution in [0.15, 0.2) is 72.3 Å². The maximum Gasteiger partial charge on any atom is 0.351 e. The Hall–Kier alpha value is -4.30. The summed E-state index contributed by atoms with van der Waals surface area (Å²) >= 11 is 1.33. The number of hydrogen-bond donors (Lipinski definition) is 0. The van der Waals surface area contributed by atoms with Gasteiger partial charge in [-0.1, -0.05) is 18.2 Å². The lowest BCUT2D eigenvalue weighted by Crippen LogP contribution is -2.16. The third-order valence-electron chi connectivity index (χ3n) is 5.61. The molecule has 2 aromatic carbocycles. The standard InChI is InChI=1S/C27H18O7S/c1-3-32-26(30)19-13-16-12-15(6-9-20(28)21-5-4-10-35-21)23-18(24(16)34-27(19)31)8-7-17-14(2)11-22(29)33-25(17)23/h4-13H,3H2,1-2H3/b9-6+. The van der Waals surface area contributed by atoms with Crippen LogP contribution in [0.4, 0.5) is 0 Å². The molecular weight excluding hydrogens is 468 g/mol. The first-order valence-corrected chi connectivity index (χ1v) is 11.7. The molecule has 3 aromatic heterocycles. The van der Waals surface area contributed by atoms with Gasteiger partial charge in [-0.15, -0.1) is 11.3 Å². The predicted molar refractivity (Wildman–Crippen MR) is 134 cm³/mol. The van der Waals surface area contributed by atoms with E-state index in [2.05, 4.69) is 0 Å². The summed E-state index contributed by atoms with van der Waals surface area (Å²) in [4.78, 5) is 50.3. The molecular formula is C27H18O7S. The van der Waals surface area contributed by atoms with Gasteiger partial charge in [0.05, 0.1) is 11.5 Å². The molecule has 0 saturated carbocycles. The molecule has 0 bridgehead atoms. The number of ketones is 1. The van der Waals surface area contributed by atoms with Crippen LogP contribution in [-0.2, 0) is 4.74 Å². The third kappa shape index (κ3) is 3.98. The van der Waals surface area contributed by atoms with Crippen molar-refractivity contribution in [3.63, 3.8) is 0 Å². The summed E-state index contributed by atoms with van der Waals surface area (Å²) in [5.41, 5.74) is 0.236. The second kappa shape index (κ2) is 8.81. The topological polar surface area (TPSA) is 104 Å². The van der Waals surface area contributed by atoms with Crippen molar-refractivity contribution in [2.75, 3.05) is 6.61 Å². The number of rotatable bonds is 5. The molecule has 7 nitrogen and oxygen atoms in total. The number of benzene rings is 2. The second-order valence-corrected chi connectivity index (χ2v) is 8.79. The highest BCUT2D eigenvalue weighted by molar-refractivity contribution is 7.12. The summed E-state index contributed by atoms with van der Waals surface area (Å²) in [6.45, 7) is 3.55. The first kappa shape index (κ1) is 22.5. The highest BCUT2D eigenvalue weighted by atomic mass is 32.1. The average Bonchev–Trinajstić information content (AvgIpc) is 3.37. The minimum atomic E-state index is -0.834. The van der Waals surface area contributed by atoms with E-state index >= 15 is 0 Å². The molecule has 0 fully saturated rings. The SMILES string of the molecule is CCOC(=O)c1cc2cc(/C=C/C(=O)c3cccs3)c3c(ccc4c(C)cc(=O)oc43)c2oc1=O. The van der Waals surface area contributed by atoms with Gasteiger partial charge in [0.2, 0.25) is 0 Å². The molecule has 0 aliphatic carbocycles. The molecule has 0 N–H and O–H groups in total. The summed E-state index contributed by atoms with van der Waals surface area (Å²) in [6, 6.07) is 11.6. The zero-order valence-electron chi connectivity index (χ0n) is 18.7. The van der Waals surface area contributed by atoms with Crippen LogP contribution in [0.25, 0.3) is 38.8 Å². The average molecular weight is 487 g/mol. The van der Waals surface area contributed by atoms with E-state index in [-0.39, 0.29) is 23.5 Å². The second-order valence-electron chi connectivity index (χ2n) is 7.84. The van der Waals surface area contributed by atoms with Crippen LogP contribution >= 0.6 is 11.3 Å². The van der Waals surface area contributed by atoms with E-state index in [4.69, 9.17) is 13.6 Å². The molecule has 0 unspecified atom stereocenters. The molecule has 0 aliphatic rings. The first-order valence-electron chi connectivity index (χ1n) is 10.8. The van der Waals surface area contributed by atoms with Crippen LogP contribution in [0.5, 0.6) is 0 Å². The Morgan fingerprint density at radius 1 is 1.03 bits per heavy atom. The number of fused-ring (bicyclic) bond motifs is 5. The number of allylic oxidation sites excluding steroid dienone is 1. The number of esters is 1. The van der Waals surface area contributed by atoms with Crippen LogP contribution in [0.3, 0.4) is 0 Å². The van der Waals surface area contributed by atoms with Gasteiger partial charge in [-0.25, -0.2) is 14.4 Å². The van der Waals surface area contributed by atoms with Gasteiger partial charge in [0.15, 0.2) is 5.78 Å². The lowest BCUT2D eigenvalue weighted by Gasteiger charge is -2.11.